The number of hydrogen-bond acceptors (Lipinski definition) is 7. The Bertz CT molecular complexity index is 1630. The largest absolute Gasteiger partial charge is 0.485 e. The molecule has 0 unspecified atom stereocenters. The molecule has 4 aromatic rings. The number of hydrogen-bond donors (Lipinski definition) is 1. The van der Waals surface area contributed by atoms with E-state index in [0.717, 1.165) is 24.6 Å². The Morgan fingerprint density at radius 2 is 1.85 bits per heavy atom. The molecule has 0 amide bonds. The number of aromatic nitrogens is 5. The summed E-state index contributed by atoms with van der Waals surface area (Å²) in [6.45, 7) is 5.08. The van der Waals surface area contributed by atoms with Gasteiger partial charge in [0.1, 0.15) is 34.7 Å². The van der Waals surface area contributed by atoms with Crippen LogP contribution in [0.25, 0.3) is 17.1 Å². The molecule has 1 N–H and O–H groups in total. The number of ether oxygens (including phenoxy) is 1. The second kappa shape index (κ2) is 11.0. The summed E-state index contributed by atoms with van der Waals surface area (Å²) < 4.78 is 34.2. The van der Waals surface area contributed by atoms with Gasteiger partial charge >= 0.3 is 0 Å². The molecule has 0 bridgehead atoms. The molecule has 5 rings (SSSR count). The molecule has 1 fully saturated rings. The Hall–Kier alpha value is -3.76. The van der Waals surface area contributed by atoms with Gasteiger partial charge in [0.25, 0.3) is 5.56 Å². The van der Waals surface area contributed by atoms with Gasteiger partial charge in [0, 0.05) is 36.1 Å². The van der Waals surface area contributed by atoms with E-state index in [1.54, 1.807) is 37.5 Å². The Morgan fingerprint density at radius 3 is 2.58 bits per heavy atom. The summed E-state index contributed by atoms with van der Waals surface area (Å²) >= 11 is 6.40. The molecule has 0 spiro atoms. The van der Waals surface area contributed by atoms with Gasteiger partial charge in [-0.2, -0.15) is 0 Å². The summed E-state index contributed by atoms with van der Waals surface area (Å²) in [4.78, 5) is 30.9. The molecule has 8 nitrogen and oxygen atoms in total. The van der Waals surface area contributed by atoms with E-state index >= 15 is 0 Å². The Morgan fingerprint density at radius 1 is 1.10 bits per heavy atom. The molecule has 1 aliphatic rings. The summed E-state index contributed by atoms with van der Waals surface area (Å²) in [6.07, 6.45) is 7.23. The third kappa shape index (κ3) is 5.73. The number of pyridine rings is 3. The minimum atomic E-state index is -0.857. The van der Waals surface area contributed by atoms with Crippen LogP contribution >= 0.6 is 11.6 Å². The van der Waals surface area contributed by atoms with Crippen molar-refractivity contribution in [2.45, 2.75) is 64.6 Å². The van der Waals surface area contributed by atoms with E-state index in [0.29, 0.717) is 47.5 Å². The highest BCUT2D eigenvalue weighted by molar-refractivity contribution is 6.31. The van der Waals surface area contributed by atoms with Gasteiger partial charge in [-0.3, -0.25) is 19.3 Å². The van der Waals surface area contributed by atoms with Crippen molar-refractivity contribution in [2.24, 2.45) is 0 Å². The van der Waals surface area contributed by atoms with Gasteiger partial charge in [-0.25, -0.2) is 18.7 Å². The van der Waals surface area contributed by atoms with Gasteiger partial charge in [0.15, 0.2) is 5.82 Å². The van der Waals surface area contributed by atoms with Gasteiger partial charge in [-0.15, -0.1) is 0 Å². The normalized spacial score (nSPS) is 19.0. The lowest BCUT2D eigenvalue weighted by Crippen LogP contribution is -2.30. The molecule has 0 saturated heterocycles. The van der Waals surface area contributed by atoms with E-state index in [-0.39, 0.29) is 29.0 Å². The summed E-state index contributed by atoms with van der Waals surface area (Å²) in [5.74, 6) is -0.734. The van der Waals surface area contributed by atoms with Gasteiger partial charge in [-0.05, 0) is 64.2 Å². The van der Waals surface area contributed by atoms with Gasteiger partial charge in [0.2, 0.25) is 0 Å². The Labute approximate surface area is 234 Å². The van der Waals surface area contributed by atoms with Crippen LogP contribution in [0, 0.1) is 25.5 Å². The first-order valence-corrected chi connectivity index (χ1v) is 13.3. The van der Waals surface area contributed by atoms with E-state index in [9.17, 15) is 18.7 Å². The van der Waals surface area contributed by atoms with Crippen molar-refractivity contribution >= 4 is 11.6 Å². The minimum Gasteiger partial charge on any atom is -0.485 e. The Balaban J connectivity index is 1.44. The molecular formula is C29H28ClF2N5O3. The van der Waals surface area contributed by atoms with E-state index in [4.69, 9.17) is 21.3 Å². The van der Waals surface area contributed by atoms with E-state index in [1.165, 1.54) is 4.57 Å². The quantitative estimate of drug-likeness (QED) is 0.322. The zero-order valence-corrected chi connectivity index (χ0v) is 23.0. The average molecular weight is 568 g/mol. The lowest BCUT2D eigenvalue weighted by atomic mass is 9.79. The third-order valence-electron chi connectivity index (χ3n) is 7.23. The average Bonchev–Trinajstić information content (AvgIpc) is 2.92. The van der Waals surface area contributed by atoms with Crippen LogP contribution in [0.3, 0.4) is 0 Å². The summed E-state index contributed by atoms with van der Waals surface area (Å²) in [6, 6.07) is 5.83. The smallest absolute Gasteiger partial charge is 0.277 e. The number of aliphatic hydroxyl groups is 1. The molecular weight excluding hydrogens is 540 g/mol. The maximum atomic E-state index is 14.0. The van der Waals surface area contributed by atoms with Gasteiger partial charge < -0.3 is 9.84 Å². The van der Waals surface area contributed by atoms with Gasteiger partial charge in [-0.1, -0.05) is 11.6 Å². The second-order valence-electron chi connectivity index (χ2n) is 10.4. The molecule has 4 heterocycles. The summed E-state index contributed by atoms with van der Waals surface area (Å²) in [7, 11) is 0. The molecule has 0 aromatic carbocycles. The molecule has 1 saturated carbocycles. The van der Waals surface area contributed by atoms with Crippen LogP contribution in [-0.4, -0.2) is 35.2 Å². The lowest BCUT2D eigenvalue weighted by molar-refractivity contribution is 0.0164. The molecule has 11 heteroatoms. The predicted molar refractivity (Wildman–Crippen MR) is 146 cm³/mol. The van der Waals surface area contributed by atoms with Crippen molar-refractivity contribution in [1.29, 1.82) is 0 Å². The SMILES string of the molecule is Cc1cnc(-c2ccnc([C@H]3CC[C@](C)(O)CC3)n2)cc1-n1c(C)cc(OCc2ncc(F)cc2F)c(Cl)c1=O. The molecule has 1 aliphatic carbocycles. The minimum absolute atomic E-state index is 0.0600. The van der Waals surface area contributed by atoms with E-state index < -0.39 is 22.8 Å². The van der Waals surface area contributed by atoms with Crippen molar-refractivity contribution < 1.29 is 18.6 Å². The number of aryl methyl sites for hydroxylation is 2. The molecule has 208 valence electrons. The topological polar surface area (TPSA) is 103 Å². The van der Waals surface area contributed by atoms with Crippen LogP contribution in [0.5, 0.6) is 5.75 Å². The number of halogens is 3. The highest BCUT2D eigenvalue weighted by atomic mass is 35.5. The zero-order valence-electron chi connectivity index (χ0n) is 22.3. The van der Waals surface area contributed by atoms with Crippen LogP contribution in [0.4, 0.5) is 8.78 Å². The highest BCUT2D eigenvalue weighted by Crippen LogP contribution is 2.37. The second-order valence-corrected chi connectivity index (χ2v) is 10.8. The van der Waals surface area contributed by atoms with Crippen molar-refractivity contribution in [3.05, 3.63) is 92.6 Å². The van der Waals surface area contributed by atoms with Crippen molar-refractivity contribution in [1.82, 2.24) is 24.5 Å². The number of rotatable bonds is 6. The van der Waals surface area contributed by atoms with Gasteiger partial charge in [0.05, 0.1) is 28.9 Å². The summed E-state index contributed by atoms with van der Waals surface area (Å²) in [5.41, 5.74) is 1.72. The first kappa shape index (κ1) is 27.8. The van der Waals surface area contributed by atoms with Crippen LogP contribution in [0.2, 0.25) is 5.02 Å². The van der Waals surface area contributed by atoms with Crippen LogP contribution in [-0.2, 0) is 6.61 Å². The summed E-state index contributed by atoms with van der Waals surface area (Å²) in [5, 5.41) is 10.1. The first-order valence-electron chi connectivity index (χ1n) is 12.9. The fourth-order valence-corrected chi connectivity index (χ4v) is 5.08. The fourth-order valence-electron chi connectivity index (χ4n) is 4.89. The van der Waals surface area contributed by atoms with Crippen molar-refractivity contribution in [2.75, 3.05) is 0 Å². The first-order chi connectivity index (χ1) is 19.0. The molecule has 0 radical (unpaired) electrons. The molecule has 4 aromatic heterocycles. The lowest BCUT2D eigenvalue weighted by Gasteiger charge is -2.32. The monoisotopic (exact) mass is 567 g/mol. The molecule has 0 atom stereocenters. The number of nitrogens with zero attached hydrogens (tertiary/aromatic N) is 5. The standard InChI is InChI=1S/C29H28ClF2N5O3/c1-16-13-34-22(21-6-9-33-27(36-21)18-4-7-29(3,39)8-5-18)12-24(16)37-17(2)10-25(26(30)28(37)38)40-15-23-20(32)11-19(31)14-35-23/h6,9-14,18,39H,4-5,7-8,15H2,1-3H3/t18-,29-. The third-order valence-corrected chi connectivity index (χ3v) is 7.58. The maximum Gasteiger partial charge on any atom is 0.277 e. The van der Waals surface area contributed by atoms with Crippen molar-refractivity contribution in [3.8, 4) is 22.8 Å². The predicted octanol–water partition coefficient (Wildman–Crippen LogP) is 5.62. The van der Waals surface area contributed by atoms with E-state index in [1.807, 2.05) is 13.8 Å². The van der Waals surface area contributed by atoms with E-state index in [2.05, 4.69) is 15.0 Å². The molecule has 40 heavy (non-hydrogen) atoms. The van der Waals surface area contributed by atoms with Crippen LogP contribution < -0.4 is 10.3 Å². The fraction of sp³-hybridized carbons (Fsp3) is 0.345. The van der Waals surface area contributed by atoms with Crippen LogP contribution in [0.15, 0.2) is 47.7 Å². The zero-order chi connectivity index (χ0) is 28.6. The highest BCUT2D eigenvalue weighted by Gasteiger charge is 2.30. The Kier molecular flexibility index (Phi) is 7.65. The van der Waals surface area contributed by atoms with Crippen LogP contribution in [0.1, 0.15) is 61.3 Å². The molecule has 0 aliphatic heterocycles. The van der Waals surface area contributed by atoms with Crippen molar-refractivity contribution in [3.63, 3.8) is 0 Å². The maximum absolute atomic E-state index is 14.0.